The average Bonchev–Trinajstić information content (AvgIpc) is 2.72. The van der Waals surface area contributed by atoms with Crippen molar-refractivity contribution in [3.8, 4) is 0 Å². The van der Waals surface area contributed by atoms with Crippen LogP contribution < -0.4 is 0 Å². The zero-order valence-corrected chi connectivity index (χ0v) is 21.6. The van der Waals surface area contributed by atoms with E-state index in [0.717, 1.165) is 12.8 Å². The molecule has 0 heterocycles. The summed E-state index contributed by atoms with van der Waals surface area (Å²) in [5, 5.41) is 10.6. The normalized spacial score (nSPS) is 13.6. The molecule has 1 nitrogen and oxygen atoms in total. The average molecular weight is 425 g/mol. The summed E-state index contributed by atoms with van der Waals surface area (Å²) in [5.41, 5.74) is -0.418. The maximum atomic E-state index is 10.6. The molecule has 0 aromatic rings. The maximum absolute atomic E-state index is 10.6. The highest BCUT2D eigenvalue weighted by molar-refractivity contribution is 4.72. The zero-order valence-electron chi connectivity index (χ0n) is 21.6. The fourth-order valence-corrected chi connectivity index (χ4v) is 4.64. The standard InChI is InChI=1S/C29H60O/c1-4-6-8-10-12-14-15-16-17-18-19-20-22-24-26-28-29(3,30)27-25-23-21-13-11-9-7-5-2/h30H,4-28H2,1-3H3. The predicted octanol–water partition coefficient (Wildman–Crippen LogP) is 10.5. The van der Waals surface area contributed by atoms with E-state index in [4.69, 9.17) is 0 Å². The Morgan fingerprint density at radius 3 is 0.800 bits per heavy atom. The molecule has 0 aliphatic carbocycles. The summed E-state index contributed by atoms with van der Waals surface area (Å²) >= 11 is 0. The first-order valence-electron chi connectivity index (χ1n) is 14.3. The predicted molar refractivity (Wildman–Crippen MR) is 137 cm³/mol. The van der Waals surface area contributed by atoms with Crippen LogP contribution in [-0.4, -0.2) is 10.7 Å². The molecule has 182 valence electrons. The van der Waals surface area contributed by atoms with Gasteiger partial charge in [-0.2, -0.15) is 0 Å². The molecule has 0 radical (unpaired) electrons. The summed E-state index contributed by atoms with van der Waals surface area (Å²) in [6, 6.07) is 0. The Labute approximate surface area is 192 Å². The van der Waals surface area contributed by atoms with Gasteiger partial charge in [0.05, 0.1) is 5.60 Å². The largest absolute Gasteiger partial charge is 0.390 e. The lowest BCUT2D eigenvalue weighted by molar-refractivity contribution is 0.0366. The van der Waals surface area contributed by atoms with Gasteiger partial charge in [-0.15, -0.1) is 0 Å². The van der Waals surface area contributed by atoms with Crippen LogP contribution >= 0.6 is 0 Å². The van der Waals surface area contributed by atoms with Crippen LogP contribution in [0.2, 0.25) is 0 Å². The van der Waals surface area contributed by atoms with Gasteiger partial charge in [-0.1, -0.05) is 162 Å². The molecule has 1 N–H and O–H groups in total. The second kappa shape index (κ2) is 23.6. The summed E-state index contributed by atoms with van der Waals surface area (Å²) in [6.45, 7) is 6.64. The van der Waals surface area contributed by atoms with Crippen molar-refractivity contribution in [2.75, 3.05) is 0 Å². The fourth-order valence-electron chi connectivity index (χ4n) is 4.64. The van der Waals surface area contributed by atoms with E-state index in [0.29, 0.717) is 0 Å². The van der Waals surface area contributed by atoms with Gasteiger partial charge in [-0.3, -0.25) is 0 Å². The minimum atomic E-state index is -0.418. The van der Waals surface area contributed by atoms with E-state index in [2.05, 4.69) is 20.8 Å². The van der Waals surface area contributed by atoms with Gasteiger partial charge < -0.3 is 5.11 Å². The van der Waals surface area contributed by atoms with E-state index >= 15 is 0 Å². The van der Waals surface area contributed by atoms with Gasteiger partial charge in [0.1, 0.15) is 0 Å². The van der Waals surface area contributed by atoms with Crippen LogP contribution in [0.15, 0.2) is 0 Å². The van der Waals surface area contributed by atoms with E-state index in [9.17, 15) is 5.11 Å². The first kappa shape index (κ1) is 30.0. The Balaban J connectivity index is 3.26. The maximum Gasteiger partial charge on any atom is 0.0619 e. The van der Waals surface area contributed by atoms with Gasteiger partial charge in [0.2, 0.25) is 0 Å². The van der Waals surface area contributed by atoms with Crippen LogP contribution in [0, 0.1) is 0 Å². The Morgan fingerprint density at radius 1 is 0.367 bits per heavy atom. The van der Waals surface area contributed by atoms with Crippen molar-refractivity contribution in [3.05, 3.63) is 0 Å². The van der Waals surface area contributed by atoms with Crippen LogP contribution in [-0.2, 0) is 0 Å². The Hall–Kier alpha value is -0.0400. The number of hydrogen-bond acceptors (Lipinski definition) is 1. The van der Waals surface area contributed by atoms with Crippen LogP contribution in [0.3, 0.4) is 0 Å². The molecular weight excluding hydrogens is 364 g/mol. The van der Waals surface area contributed by atoms with E-state index in [1.54, 1.807) is 0 Å². The first-order chi connectivity index (χ1) is 14.6. The van der Waals surface area contributed by atoms with Crippen molar-refractivity contribution >= 4 is 0 Å². The Bertz CT molecular complexity index is 309. The lowest BCUT2D eigenvalue weighted by Crippen LogP contribution is -2.23. The van der Waals surface area contributed by atoms with Gasteiger partial charge in [-0.25, -0.2) is 0 Å². The van der Waals surface area contributed by atoms with Crippen LogP contribution in [0.1, 0.15) is 181 Å². The Morgan fingerprint density at radius 2 is 0.567 bits per heavy atom. The molecule has 0 aliphatic heterocycles. The molecule has 30 heavy (non-hydrogen) atoms. The van der Waals surface area contributed by atoms with Gasteiger partial charge >= 0.3 is 0 Å². The van der Waals surface area contributed by atoms with E-state index in [1.165, 1.54) is 148 Å². The molecule has 0 aliphatic rings. The van der Waals surface area contributed by atoms with Gasteiger partial charge in [-0.05, 0) is 19.8 Å². The van der Waals surface area contributed by atoms with Crippen molar-refractivity contribution in [1.29, 1.82) is 0 Å². The topological polar surface area (TPSA) is 20.2 Å². The van der Waals surface area contributed by atoms with Crippen molar-refractivity contribution in [1.82, 2.24) is 0 Å². The van der Waals surface area contributed by atoms with Crippen molar-refractivity contribution in [2.45, 2.75) is 187 Å². The molecule has 1 heteroatoms. The first-order valence-corrected chi connectivity index (χ1v) is 14.3. The van der Waals surface area contributed by atoms with E-state index < -0.39 is 5.60 Å². The molecule has 0 rings (SSSR count). The summed E-state index contributed by atoms with van der Waals surface area (Å²) in [5.74, 6) is 0. The third-order valence-electron chi connectivity index (χ3n) is 6.89. The molecule has 0 aromatic carbocycles. The van der Waals surface area contributed by atoms with Crippen molar-refractivity contribution in [3.63, 3.8) is 0 Å². The molecule has 0 amide bonds. The van der Waals surface area contributed by atoms with Crippen LogP contribution in [0.4, 0.5) is 0 Å². The molecule has 1 atom stereocenters. The molecule has 0 aromatic heterocycles. The number of unbranched alkanes of at least 4 members (excludes halogenated alkanes) is 21. The summed E-state index contributed by atoms with van der Waals surface area (Å²) < 4.78 is 0. The minimum Gasteiger partial charge on any atom is -0.390 e. The second-order valence-electron chi connectivity index (χ2n) is 10.4. The molecule has 0 spiro atoms. The van der Waals surface area contributed by atoms with E-state index in [-0.39, 0.29) is 0 Å². The monoisotopic (exact) mass is 424 g/mol. The number of rotatable bonds is 25. The molecule has 0 bridgehead atoms. The molecule has 0 saturated heterocycles. The highest BCUT2D eigenvalue weighted by Gasteiger charge is 2.18. The van der Waals surface area contributed by atoms with Crippen LogP contribution in [0.5, 0.6) is 0 Å². The summed E-state index contributed by atoms with van der Waals surface area (Å²) in [4.78, 5) is 0. The van der Waals surface area contributed by atoms with Crippen LogP contribution in [0.25, 0.3) is 0 Å². The zero-order chi connectivity index (χ0) is 22.2. The van der Waals surface area contributed by atoms with Crippen molar-refractivity contribution < 1.29 is 5.11 Å². The second-order valence-corrected chi connectivity index (χ2v) is 10.4. The van der Waals surface area contributed by atoms with E-state index in [1.807, 2.05) is 0 Å². The van der Waals surface area contributed by atoms with Crippen molar-refractivity contribution in [2.24, 2.45) is 0 Å². The third kappa shape index (κ3) is 24.2. The smallest absolute Gasteiger partial charge is 0.0619 e. The lowest BCUT2D eigenvalue weighted by Gasteiger charge is -2.23. The third-order valence-corrected chi connectivity index (χ3v) is 6.89. The van der Waals surface area contributed by atoms with Gasteiger partial charge in [0.25, 0.3) is 0 Å². The SMILES string of the molecule is CCCCCCCCCCCCCCCCCC(C)(O)CCCCCCCCCC. The highest BCUT2D eigenvalue weighted by Crippen LogP contribution is 2.23. The quantitative estimate of drug-likeness (QED) is 0.144. The highest BCUT2D eigenvalue weighted by atomic mass is 16.3. The number of hydrogen-bond donors (Lipinski definition) is 1. The molecule has 1 unspecified atom stereocenters. The lowest BCUT2D eigenvalue weighted by atomic mass is 9.91. The van der Waals surface area contributed by atoms with Gasteiger partial charge in [0, 0.05) is 0 Å². The molecule has 0 fully saturated rings. The minimum absolute atomic E-state index is 0.418. The fraction of sp³-hybridized carbons (Fsp3) is 1.00. The number of aliphatic hydroxyl groups is 1. The molecule has 0 saturated carbocycles. The summed E-state index contributed by atoms with van der Waals surface area (Å²) in [7, 11) is 0. The summed E-state index contributed by atoms with van der Waals surface area (Å²) in [6.07, 6.45) is 33.9. The Kier molecular flexibility index (Phi) is 23.6. The van der Waals surface area contributed by atoms with Gasteiger partial charge in [0.15, 0.2) is 0 Å². The molecular formula is C29H60O.